The quantitative estimate of drug-likeness (QED) is 0.634. The summed E-state index contributed by atoms with van der Waals surface area (Å²) in [6.07, 6.45) is -4.09. The van der Waals surface area contributed by atoms with Crippen molar-refractivity contribution in [2.24, 2.45) is 5.92 Å². The minimum absolute atomic E-state index is 0.0248. The fourth-order valence-electron chi connectivity index (χ4n) is 2.62. The average Bonchev–Trinajstić information content (AvgIpc) is 3.11. The molecule has 0 bridgehead atoms. The summed E-state index contributed by atoms with van der Waals surface area (Å²) in [6.45, 7) is 5.65. The minimum Gasteiger partial charge on any atom is -0.404 e. The Labute approximate surface area is 174 Å². The predicted octanol–water partition coefficient (Wildman–Crippen LogP) is 3.87. The lowest BCUT2D eigenvalue weighted by Crippen LogP contribution is -2.25. The molecule has 0 spiro atoms. The van der Waals surface area contributed by atoms with Crippen LogP contribution in [0.1, 0.15) is 44.0 Å². The Hall–Kier alpha value is -2.89. The number of nitrogens with one attached hydrogen (secondary N) is 2. The van der Waals surface area contributed by atoms with Gasteiger partial charge in [-0.2, -0.15) is 0 Å². The number of tetrazole rings is 1. The van der Waals surface area contributed by atoms with Crippen LogP contribution in [0.3, 0.4) is 0 Å². The first kappa shape index (κ1) is 23.4. The number of amides is 2. The number of ether oxygens (including phenoxy) is 1. The van der Waals surface area contributed by atoms with E-state index in [0.29, 0.717) is 19.4 Å². The van der Waals surface area contributed by atoms with Gasteiger partial charge in [-0.1, -0.05) is 30.5 Å². The maximum Gasteiger partial charge on any atom is 0.573 e. The van der Waals surface area contributed by atoms with Crippen LogP contribution in [-0.4, -0.2) is 38.4 Å². The zero-order valence-corrected chi connectivity index (χ0v) is 17.1. The van der Waals surface area contributed by atoms with Crippen molar-refractivity contribution in [3.63, 3.8) is 0 Å². The number of hydrogen-bond donors (Lipinski definition) is 2. The third-order valence-electron chi connectivity index (χ3n) is 4.24. The van der Waals surface area contributed by atoms with E-state index in [1.54, 1.807) is 20.8 Å². The van der Waals surface area contributed by atoms with Crippen molar-refractivity contribution in [1.82, 2.24) is 20.2 Å². The van der Waals surface area contributed by atoms with Gasteiger partial charge >= 0.3 is 6.36 Å². The molecule has 9 nitrogen and oxygen atoms in total. The van der Waals surface area contributed by atoms with Gasteiger partial charge in [-0.25, -0.2) is 4.68 Å². The maximum atomic E-state index is 12.8. The van der Waals surface area contributed by atoms with Gasteiger partial charge in [0.15, 0.2) is 5.75 Å². The van der Waals surface area contributed by atoms with Crippen molar-refractivity contribution >= 4 is 35.1 Å². The Morgan fingerprint density at radius 3 is 2.43 bits per heavy atom. The lowest BCUT2D eigenvalue weighted by Gasteiger charge is -2.19. The number of benzene rings is 1. The molecule has 0 aliphatic carbocycles. The van der Waals surface area contributed by atoms with E-state index in [-0.39, 0.29) is 11.5 Å². The van der Waals surface area contributed by atoms with Crippen LogP contribution in [0.4, 0.5) is 24.8 Å². The number of anilines is 2. The van der Waals surface area contributed by atoms with Crippen LogP contribution < -0.4 is 15.4 Å². The average molecular weight is 449 g/mol. The summed E-state index contributed by atoms with van der Waals surface area (Å²) in [5.74, 6) is -2.48. The molecule has 0 unspecified atom stereocenters. The van der Waals surface area contributed by atoms with Crippen LogP contribution in [0.5, 0.6) is 5.75 Å². The molecule has 1 aromatic carbocycles. The van der Waals surface area contributed by atoms with Crippen LogP contribution in [0.2, 0.25) is 5.02 Å². The summed E-state index contributed by atoms with van der Waals surface area (Å²) in [5, 5.41) is 15.1. The highest BCUT2D eigenvalue weighted by Crippen LogP contribution is 2.39. The molecule has 0 aliphatic rings. The van der Waals surface area contributed by atoms with Gasteiger partial charge in [-0.05, 0) is 42.3 Å². The predicted molar refractivity (Wildman–Crippen MR) is 102 cm³/mol. The number of aromatic nitrogens is 4. The first-order chi connectivity index (χ1) is 14.1. The van der Waals surface area contributed by atoms with Gasteiger partial charge in [0.05, 0.1) is 10.6 Å². The normalized spacial score (nSPS) is 11.5. The van der Waals surface area contributed by atoms with E-state index in [4.69, 9.17) is 11.6 Å². The monoisotopic (exact) mass is 448 g/mol. The van der Waals surface area contributed by atoms with Crippen molar-refractivity contribution in [1.29, 1.82) is 0 Å². The summed E-state index contributed by atoms with van der Waals surface area (Å²) < 4.78 is 43.6. The van der Waals surface area contributed by atoms with Gasteiger partial charge in [-0.15, -0.1) is 13.2 Å². The maximum absolute atomic E-state index is 12.8. The Balaban J connectivity index is 2.43. The van der Waals surface area contributed by atoms with Crippen molar-refractivity contribution in [2.45, 2.75) is 46.5 Å². The van der Waals surface area contributed by atoms with Crippen molar-refractivity contribution < 1.29 is 27.5 Å². The second-order valence-electron chi connectivity index (χ2n) is 6.12. The zero-order valence-electron chi connectivity index (χ0n) is 16.4. The highest BCUT2D eigenvalue weighted by Gasteiger charge is 2.34. The number of carbonyl (C=O) groups excluding carboxylic acids is 2. The Morgan fingerprint density at radius 1 is 1.20 bits per heavy atom. The first-order valence-electron chi connectivity index (χ1n) is 9.07. The van der Waals surface area contributed by atoms with E-state index in [9.17, 15) is 22.8 Å². The Kier molecular flexibility index (Phi) is 7.59. The molecular formula is C17H20ClF3N6O3. The van der Waals surface area contributed by atoms with E-state index in [2.05, 4.69) is 30.9 Å². The molecule has 2 amide bonds. The van der Waals surface area contributed by atoms with Crippen LogP contribution in [0, 0.1) is 5.92 Å². The summed E-state index contributed by atoms with van der Waals surface area (Å²) in [4.78, 5) is 25.0. The third kappa shape index (κ3) is 5.59. The van der Waals surface area contributed by atoms with Gasteiger partial charge in [0.2, 0.25) is 11.9 Å². The van der Waals surface area contributed by atoms with E-state index < -0.39 is 40.6 Å². The van der Waals surface area contributed by atoms with Crippen molar-refractivity contribution in [3.05, 3.63) is 22.7 Å². The fraction of sp³-hybridized carbons (Fsp3) is 0.471. The van der Waals surface area contributed by atoms with E-state index in [0.717, 1.165) is 12.1 Å². The molecule has 1 aromatic heterocycles. The number of hydrogen-bond acceptors (Lipinski definition) is 6. The standard InChI is InChI=1S/C17H20ClF3N6O3/c1-4-9(5-2)14(28)22-13-11(30-17(19,20)21)8-7-10(12(13)18)15(29)23-16-24-25-26-27(16)6-3/h7-9H,4-6H2,1-3H3,(H,22,28)(H,23,24,26,29). The molecule has 0 aliphatic heterocycles. The summed E-state index contributed by atoms with van der Waals surface area (Å²) in [5.41, 5.74) is -0.648. The molecule has 2 aromatic rings. The van der Waals surface area contributed by atoms with Gasteiger partial charge < -0.3 is 10.1 Å². The van der Waals surface area contributed by atoms with Gasteiger partial charge in [-0.3, -0.25) is 14.9 Å². The Bertz CT molecular complexity index is 915. The summed E-state index contributed by atoms with van der Waals surface area (Å²) in [6, 6.07) is 1.95. The minimum atomic E-state index is -5.02. The van der Waals surface area contributed by atoms with E-state index in [1.165, 1.54) is 4.68 Å². The molecule has 0 fully saturated rings. The third-order valence-corrected chi connectivity index (χ3v) is 4.63. The number of rotatable bonds is 8. The molecule has 13 heteroatoms. The topological polar surface area (TPSA) is 111 Å². The number of nitrogens with zero attached hydrogens (tertiary/aromatic N) is 4. The highest BCUT2D eigenvalue weighted by molar-refractivity contribution is 6.37. The molecule has 0 atom stereocenters. The number of halogens is 4. The smallest absolute Gasteiger partial charge is 0.404 e. The number of aryl methyl sites for hydroxylation is 1. The number of alkyl halides is 3. The second kappa shape index (κ2) is 9.74. The Morgan fingerprint density at radius 2 is 1.87 bits per heavy atom. The van der Waals surface area contributed by atoms with Crippen molar-refractivity contribution in [3.8, 4) is 5.75 Å². The van der Waals surface area contributed by atoms with Crippen LogP contribution in [0.25, 0.3) is 0 Å². The largest absolute Gasteiger partial charge is 0.573 e. The zero-order chi connectivity index (χ0) is 22.5. The van der Waals surface area contributed by atoms with Gasteiger partial charge in [0.1, 0.15) is 5.69 Å². The molecule has 30 heavy (non-hydrogen) atoms. The lowest BCUT2D eigenvalue weighted by molar-refractivity contribution is -0.274. The van der Waals surface area contributed by atoms with Crippen LogP contribution in [0.15, 0.2) is 12.1 Å². The van der Waals surface area contributed by atoms with Crippen molar-refractivity contribution in [2.75, 3.05) is 10.6 Å². The lowest BCUT2D eigenvalue weighted by atomic mass is 10.0. The molecule has 0 saturated carbocycles. The van der Waals surface area contributed by atoms with Crippen LogP contribution >= 0.6 is 11.6 Å². The molecule has 2 rings (SSSR count). The SMILES string of the molecule is CCC(CC)C(=O)Nc1c(OC(F)(F)F)ccc(C(=O)Nc2nnnn2CC)c1Cl. The van der Waals surface area contributed by atoms with E-state index in [1.807, 2.05) is 0 Å². The highest BCUT2D eigenvalue weighted by atomic mass is 35.5. The van der Waals surface area contributed by atoms with E-state index >= 15 is 0 Å². The number of carbonyl (C=O) groups is 2. The fourth-order valence-corrected chi connectivity index (χ4v) is 2.91. The molecular weight excluding hydrogens is 429 g/mol. The first-order valence-corrected chi connectivity index (χ1v) is 9.45. The second-order valence-corrected chi connectivity index (χ2v) is 6.50. The summed E-state index contributed by atoms with van der Waals surface area (Å²) >= 11 is 6.21. The molecule has 0 saturated heterocycles. The molecule has 2 N–H and O–H groups in total. The molecule has 164 valence electrons. The van der Waals surface area contributed by atoms with Crippen LogP contribution in [-0.2, 0) is 11.3 Å². The molecule has 0 radical (unpaired) electrons. The molecule has 1 heterocycles. The summed E-state index contributed by atoms with van der Waals surface area (Å²) in [7, 11) is 0. The van der Waals surface area contributed by atoms with Gasteiger partial charge in [0, 0.05) is 12.5 Å². The van der Waals surface area contributed by atoms with Gasteiger partial charge in [0.25, 0.3) is 5.91 Å².